The minimum Gasteiger partial charge on any atom is -0.334 e. The lowest BCUT2D eigenvalue weighted by Crippen LogP contribution is -2.43. The maximum absolute atomic E-state index is 12.5. The zero-order chi connectivity index (χ0) is 20.5. The third-order valence-electron chi connectivity index (χ3n) is 4.96. The number of sulfone groups is 1. The number of nitrogens with zero attached hydrogens (tertiary/aromatic N) is 3. The Kier molecular flexibility index (Phi) is 5.55. The van der Waals surface area contributed by atoms with Crippen LogP contribution in [0.2, 0.25) is 0 Å². The molecule has 2 heterocycles. The highest BCUT2D eigenvalue weighted by Crippen LogP contribution is 2.28. The number of anilines is 1. The van der Waals surface area contributed by atoms with Crippen molar-refractivity contribution in [3.8, 4) is 0 Å². The van der Waals surface area contributed by atoms with Gasteiger partial charge in [0.1, 0.15) is 0 Å². The van der Waals surface area contributed by atoms with Crippen molar-refractivity contribution in [2.75, 3.05) is 24.7 Å². The van der Waals surface area contributed by atoms with Gasteiger partial charge in [-0.15, -0.1) is 0 Å². The molecule has 1 aliphatic rings. The summed E-state index contributed by atoms with van der Waals surface area (Å²) in [5, 5.41) is 6.66. The third-order valence-corrected chi connectivity index (χ3v) is 6.11. The molecule has 1 aromatic carbocycles. The molecular weight excluding hydrogens is 380 g/mol. The first-order valence-corrected chi connectivity index (χ1v) is 10.9. The highest BCUT2D eigenvalue weighted by atomic mass is 32.2. The van der Waals surface area contributed by atoms with Crippen LogP contribution in [0.3, 0.4) is 0 Å². The van der Waals surface area contributed by atoms with E-state index in [2.05, 4.69) is 10.4 Å². The lowest BCUT2D eigenvalue weighted by molar-refractivity contribution is -0.143. The zero-order valence-corrected chi connectivity index (χ0v) is 17.0. The van der Waals surface area contributed by atoms with Crippen molar-refractivity contribution >= 4 is 27.3 Å². The number of hydrogen-bond donors (Lipinski definition) is 1. The first-order valence-electron chi connectivity index (χ1n) is 9.04. The number of aromatic nitrogens is 2. The van der Waals surface area contributed by atoms with Crippen LogP contribution in [0.25, 0.3) is 0 Å². The third kappa shape index (κ3) is 4.41. The van der Waals surface area contributed by atoms with Crippen LogP contribution in [0.5, 0.6) is 0 Å². The fourth-order valence-corrected chi connectivity index (χ4v) is 4.28. The SMILES string of the molecule is Cc1ccc(S(C)(=O)=O)c(NC(=O)C(=O)N2CCC(c3cnn(C)c3)CC2)c1. The van der Waals surface area contributed by atoms with Gasteiger partial charge in [-0.05, 0) is 48.9 Å². The van der Waals surface area contributed by atoms with Crippen molar-refractivity contribution in [2.45, 2.75) is 30.6 Å². The number of carbonyl (C=O) groups excluding carboxylic acids is 2. The molecule has 150 valence electrons. The van der Waals surface area contributed by atoms with Crippen molar-refractivity contribution in [3.05, 3.63) is 41.7 Å². The van der Waals surface area contributed by atoms with Crippen molar-refractivity contribution in [1.29, 1.82) is 0 Å². The molecule has 1 fully saturated rings. The first-order chi connectivity index (χ1) is 13.1. The minimum absolute atomic E-state index is 0.00506. The fourth-order valence-electron chi connectivity index (χ4n) is 3.45. The van der Waals surface area contributed by atoms with Crippen molar-refractivity contribution in [1.82, 2.24) is 14.7 Å². The Balaban J connectivity index is 1.66. The molecule has 0 unspecified atom stereocenters. The van der Waals surface area contributed by atoms with Gasteiger partial charge in [-0.25, -0.2) is 8.42 Å². The Hall–Kier alpha value is -2.68. The Morgan fingerprint density at radius 2 is 1.89 bits per heavy atom. The summed E-state index contributed by atoms with van der Waals surface area (Å²) in [7, 11) is -1.67. The molecule has 3 rings (SSSR count). The number of aryl methyl sites for hydroxylation is 2. The van der Waals surface area contributed by atoms with Gasteiger partial charge in [-0.1, -0.05) is 6.07 Å². The van der Waals surface area contributed by atoms with Gasteiger partial charge >= 0.3 is 11.8 Å². The molecule has 0 spiro atoms. The minimum atomic E-state index is -3.53. The second-order valence-electron chi connectivity index (χ2n) is 7.24. The number of carbonyl (C=O) groups is 2. The van der Waals surface area contributed by atoms with Crippen LogP contribution in [0, 0.1) is 6.92 Å². The molecular formula is C19H24N4O4S. The predicted octanol–water partition coefficient (Wildman–Crippen LogP) is 1.48. The van der Waals surface area contributed by atoms with Crippen molar-refractivity contribution in [3.63, 3.8) is 0 Å². The average Bonchev–Trinajstić information content (AvgIpc) is 3.06. The Labute approximate surface area is 164 Å². The zero-order valence-electron chi connectivity index (χ0n) is 16.2. The highest BCUT2D eigenvalue weighted by Gasteiger charge is 2.29. The number of amides is 2. The molecule has 1 aromatic heterocycles. The summed E-state index contributed by atoms with van der Waals surface area (Å²) in [4.78, 5) is 26.5. The smallest absolute Gasteiger partial charge is 0.313 e. The summed E-state index contributed by atoms with van der Waals surface area (Å²) in [5.41, 5.74) is 2.05. The monoisotopic (exact) mass is 404 g/mol. The van der Waals surface area contributed by atoms with Gasteiger partial charge < -0.3 is 10.2 Å². The van der Waals surface area contributed by atoms with Gasteiger partial charge in [0, 0.05) is 32.6 Å². The van der Waals surface area contributed by atoms with E-state index in [-0.39, 0.29) is 10.6 Å². The molecule has 2 amide bonds. The molecule has 1 aliphatic heterocycles. The van der Waals surface area contributed by atoms with Crippen LogP contribution in [0.1, 0.15) is 29.9 Å². The molecule has 8 nitrogen and oxygen atoms in total. The van der Waals surface area contributed by atoms with Crippen LogP contribution in [0.4, 0.5) is 5.69 Å². The van der Waals surface area contributed by atoms with Crippen LogP contribution in [-0.4, -0.2) is 54.3 Å². The molecule has 0 aliphatic carbocycles. The lowest BCUT2D eigenvalue weighted by Gasteiger charge is -2.31. The molecule has 1 saturated heterocycles. The van der Waals surface area contributed by atoms with E-state index in [1.807, 2.05) is 19.4 Å². The summed E-state index contributed by atoms with van der Waals surface area (Å²) < 4.78 is 25.6. The van der Waals surface area contributed by atoms with E-state index in [4.69, 9.17) is 0 Å². The van der Waals surface area contributed by atoms with Gasteiger partial charge in [0.05, 0.1) is 16.8 Å². The Bertz CT molecular complexity index is 1000. The van der Waals surface area contributed by atoms with E-state index < -0.39 is 21.7 Å². The number of rotatable bonds is 3. The van der Waals surface area contributed by atoms with E-state index in [1.54, 1.807) is 23.7 Å². The summed E-state index contributed by atoms with van der Waals surface area (Å²) in [6, 6.07) is 4.64. The molecule has 0 radical (unpaired) electrons. The second kappa shape index (κ2) is 7.75. The van der Waals surface area contributed by atoms with Crippen molar-refractivity contribution in [2.24, 2.45) is 7.05 Å². The summed E-state index contributed by atoms with van der Waals surface area (Å²) in [6.45, 7) is 2.73. The Morgan fingerprint density at radius 1 is 1.21 bits per heavy atom. The Morgan fingerprint density at radius 3 is 2.46 bits per heavy atom. The number of likely N-dealkylation sites (tertiary alicyclic amines) is 1. The van der Waals surface area contributed by atoms with Crippen LogP contribution < -0.4 is 5.32 Å². The molecule has 9 heteroatoms. The van der Waals surface area contributed by atoms with Crippen LogP contribution >= 0.6 is 0 Å². The topological polar surface area (TPSA) is 101 Å². The summed E-state index contributed by atoms with van der Waals surface area (Å²) >= 11 is 0. The van der Waals surface area contributed by atoms with Gasteiger partial charge in [-0.2, -0.15) is 5.10 Å². The summed E-state index contributed by atoms with van der Waals surface area (Å²) in [6.07, 6.45) is 6.38. The van der Waals surface area contributed by atoms with Gasteiger partial charge in [0.25, 0.3) is 0 Å². The molecule has 2 aromatic rings. The largest absolute Gasteiger partial charge is 0.334 e. The fraction of sp³-hybridized carbons (Fsp3) is 0.421. The molecule has 28 heavy (non-hydrogen) atoms. The maximum atomic E-state index is 12.5. The van der Waals surface area contributed by atoms with E-state index in [0.717, 1.165) is 30.2 Å². The summed E-state index contributed by atoms with van der Waals surface area (Å²) in [5.74, 6) is -1.16. The van der Waals surface area contributed by atoms with E-state index in [9.17, 15) is 18.0 Å². The van der Waals surface area contributed by atoms with Gasteiger partial charge in [-0.3, -0.25) is 14.3 Å². The van der Waals surface area contributed by atoms with Crippen molar-refractivity contribution < 1.29 is 18.0 Å². The van der Waals surface area contributed by atoms with E-state index in [0.29, 0.717) is 19.0 Å². The number of nitrogens with one attached hydrogen (secondary N) is 1. The van der Waals surface area contributed by atoms with Gasteiger partial charge in [0.15, 0.2) is 9.84 Å². The average molecular weight is 404 g/mol. The highest BCUT2D eigenvalue weighted by molar-refractivity contribution is 7.90. The number of hydrogen-bond acceptors (Lipinski definition) is 5. The molecule has 0 saturated carbocycles. The first kappa shape index (κ1) is 20.1. The van der Waals surface area contributed by atoms with E-state index >= 15 is 0 Å². The lowest BCUT2D eigenvalue weighted by atomic mass is 9.91. The second-order valence-corrected chi connectivity index (χ2v) is 9.22. The molecule has 1 N–H and O–H groups in total. The molecule has 0 bridgehead atoms. The number of benzene rings is 1. The normalized spacial score (nSPS) is 15.5. The standard InChI is InChI=1S/C19H24N4O4S/c1-13-4-5-17(28(3,26)27)16(10-13)21-18(24)19(25)23-8-6-14(7-9-23)15-11-20-22(2)12-15/h4-5,10-12,14H,6-9H2,1-3H3,(H,21,24). The maximum Gasteiger partial charge on any atom is 0.313 e. The van der Waals surface area contributed by atoms with Crippen LogP contribution in [-0.2, 0) is 26.5 Å². The van der Waals surface area contributed by atoms with Crippen LogP contribution in [0.15, 0.2) is 35.5 Å². The predicted molar refractivity (Wildman–Crippen MR) is 105 cm³/mol. The quantitative estimate of drug-likeness (QED) is 0.781. The van der Waals surface area contributed by atoms with E-state index in [1.165, 1.54) is 11.0 Å². The van der Waals surface area contributed by atoms with Gasteiger partial charge in [0.2, 0.25) is 0 Å². The molecule has 0 atom stereocenters. The number of piperidine rings is 1.